The highest BCUT2D eigenvalue weighted by molar-refractivity contribution is 5.81. The lowest BCUT2D eigenvalue weighted by Gasteiger charge is -2.18. The van der Waals surface area contributed by atoms with Crippen LogP contribution in [0.4, 0.5) is 0 Å². The van der Waals surface area contributed by atoms with Crippen molar-refractivity contribution in [2.45, 2.75) is 38.3 Å². The normalized spacial score (nSPS) is 20.1. The van der Waals surface area contributed by atoms with Gasteiger partial charge in [0.05, 0.1) is 12.1 Å². The molecule has 0 aliphatic carbocycles. The molecule has 0 bridgehead atoms. The number of hydrogen-bond donors (Lipinski definition) is 1. The van der Waals surface area contributed by atoms with Gasteiger partial charge < -0.3 is 15.4 Å². The molecule has 0 spiro atoms. The molecular weight excluding hydrogens is 252 g/mol. The van der Waals surface area contributed by atoms with Crippen molar-refractivity contribution in [3.8, 4) is 0 Å². The van der Waals surface area contributed by atoms with E-state index in [9.17, 15) is 4.79 Å². The molecule has 1 heterocycles. The highest BCUT2D eigenvalue weighted by Crippen LogP contribution is 2.14. The summed E-state index contributed by atoms with van der Waals surface area (Å²) in [6.45, 7) is 3.94. The van der Waals surface area contributed by atoms with Crippen LogP contribution in [0.2, 0.25) is 0 Å². The summed E-state index contributed by atoms with van der Waals surface area (Å²) in [5.74, 6) is 0.0281. The Bertz CT molecular complexity index is 420. The molecular formula is C16H24N2O2. The lowest BCUT2D eigenvalue weighted by Crippen LogP contribution is -2.41. The molecule has 0 saturated carbocycles. The largest absolute Gasteiger partial charge is 0.376 e. The summed E-state index contributed by atoms with van der Waals surface area (Å²) in [5, 5.41) is 0. The zero-order chi connectivity index (χ0) is 14.4. The van der Waals surface area contributed by atoms with E-state index >= 15 is 0 Å². The van der Waals surface area contributed by atoms with Crippen LogP contribution in [0.15, 0.2) is 30.3 Å². The maximum Gasteiger partial charge on any atom is 0.239 e. The van der Waals surface area contributed by atoms with E-state index < -0.39 is 6.04 Å². The summed E-state index contributed by atoms with van der Waals surface area (Å²) in [4.78, 5) is 13.6. The Balaban J connectivity index is 1.63. The van der Waals surface area contributed by atoms with Crippen LogP contribution in [0.5, 0.6) is 0 Å². The first-order chi connectivity index (χ1) is 9.66. The standard InChI is InChI=1S/C16H24N2O2/c1-13(17)16(19)18-10-9-15(12-18)20-11-5-8-14-6-3-2-4-7-14/h2-4,6-7,13,15H,5,8-12,17H2,1H3/t13-,15-/m1/s1. The van der Waals surface area contributed by atoms with E-state index in [-0.39, 0.29) is 12.0 Å². The Morgan fingerprint density at radius 3 is 2.90 bits per heavy atom. The monoisotopic (exact) mass is 276 g/mol. The number of likely N-dealkylation sites (tertiary alicyclic amines) is 1. The molecule has 4 nitrogen and oxygen atoms in total. The molecule has 0 radical (unpaired) electrons. The summed E-state index contributed by atoms with van der Waals surface area (Å²) in [6.07, 6.45) is 3.15. The van der Waals surface area contributed by atoms with Gasteiger partial charge in [-0.15, -0.1) is 0 Å². The third-order valence-electron chi connectivity index (χ3n) is 3.65. The number of nitrogens with zero attached hydrogens (tertiary/aromatic N) is 1. The van der Waals surface area contributed by atoms with Gasteiger partial charge in [0, 0.05) is 19.7 Å². The Hall–Kier alpha value is -1.39. The number of aryl methyl sites for hydroxylation is 1. The fraction of sp³-hybridized carbons (Fsp3) is 0.562. The van der Waals surface area contributed by atoms with Crippen LogP contribution in [0.3, 0.4) is 0 Å². The van der Waals surface area contributed by atoms with Crippen LogP contribution in [0.1, 0.15) is 25.3 Å². The minimum Gasteiger partial charge on any atom is -0.376 e. The van der Waals surface area contributed by atoms with E-state index in [2.05, 4.69) is 24.3 Å². The first kappa shape index (κ1) is 15.0. The third kappa shape index (κ3) is 4.32. The van der Waals surface area contributed by atoms with Gasteiger partial charge in [0.2, 0.25) is 5.91 Å². The van der Waals surface area contributed by atoms with Crippen LogP contribution in [-0.2, 0) is 16.0 Å². The first-order valence-electron chi connectivity index (χ1n) is 7.36. The summed E-state index contributed by atoms with van der Waals surface area (Å²) in [7, 11) is 0. The van der Waals surface area contributed by atoms with Gasteiger partial charge >= 0.3 is 0 Å². The minimum atomic E-state index is -0.410. The van der Waals surface area contributed by atoms with E-state index in [1.807, 2.05) is 11.0 Å². The second-order valence-electron chi connectivity index (χ2n) is 5.44. The molecule has 2 atom stereocenters. The van der Waals surface area contributed by atoms with Crippen molar-refractivity contribution >= 4 is 5.91 Å². The van der Waals surface area contributed by atoms with E-state index in [1.54, 1.807) is 6.92 Å². The fourth-order valence-electron chi connectivity index (χ4n) is 2.52. The van der Waals surface area contributed by atoms with E-state index in [1.165, 1.54) is 5.56 Å². The van der Waals surface area contributed by atoms with Crippen molar-refractivity contribution in [2.75, 3.05) is 19.7 Å². The zero-order valence-corrected chi connectivity index (χ0v) is 12.1. The van der Waals surface area contributed by atoms with Gasteiger partial charge in [-0.25, -0.2) is 0 Å². The molecule has 1 aromatic rings. The van der Waals surface area contributed by atoms with E-state index in [0.29, 0.717) is 6.54 Å². The maximum atomic E-state index is 11.8. The fourth-order valence-corrected chi connectivity index (χ4v) is 2.52. The summed E-state index contributed by atoms with van der Waals surface area (Å²) >= 11 is 0. The average Bonchev–Trinajstić information content (AvgIpc) is 2.92. The van der Waals surface area contributed by atoms with Crippen molar-refractivity contribution < 1.29 is 9.53 Å². The molecule has 4 heteroatoms. The molecule has 1 saturated heterocycles. The van der Waals surface area contributed by atoms with Gasteiger partial charge in [-0.05, 0) is 31.7 Å². The number of hydrogen-bond acceptors (Lipinski definition) is 3. The van der Waals surface area contributed by atoms with Crippen molar-refractivity contribution in [1.82, 2.24) is 4.90 Å². The lowest BCUT2D eigenvalue weighted by atomic mass is 10.1. The molecule has 1 fully saturated rings. The van der Waals surface area contributed by atoms with Gasteiger partial charge in [0.15, 0.2) is 0 Å². The smallest absolute Gasteiger partial charge is 0.239 e. The van der Waals surface area contributed by atoms with Crippen LogP contribution >= 0.6 is 0 Å². The average molecular weight is 276 g/mol. The Labute approximate surface area is 120 Å². The third-order valence-corrected chi connectivity index (χ3v) is 3.65. The number of amides is 1. The highest BCUT2D eigenvalue weighted by atomic mass is 16.5. The summed E-state index contributed by atoms with van der Waals surface area (Å²) in [5.41, 5.74) is 6.96. The first-order valence-corrected chi connectivity index (χ1v) is 7.36. The van der Waals surface area contributed by atoms with Gasteiger partial charge in [-0.2, -0.15) is 0 Å². The van der Waals surface area contributed by atoms with Crippen molar-refractivity contribution in [3.63, 3.8) is 0 Å². The second-order valence-corrected chi connectivity index (χ2v) is 5.44. The Morgan fingerprint density at radius 1 is 1.45 bits per heavy atom. The summed E-state index contributed by atoms with van der Waals surface area (Å²) < 4.78 is 5.85. The van der Waals surface area contributed by atoms with Crippen molar-refractivity contribution in [3.05, 3.63) is 35.9 Å². The number of nitrogens with two attached hydrogens (primary N) is 1. The molecule has 2 rings (SSSR count). The zero-order valence-electron chi connectivity index (χ0n) is 12.1. The van der Waals surface area contributed by atoms with Gasteiger partial charge in [0.1, 0.15) is 0 Å². The maximum absolute atomic E-state index is 11.8. The number of benzene rings is 1. The number of ether oxygens (including phenoxy) is 1. The van der Waals surface area contributed by atoms with E-state index in [0.717, 1.165) is 32.4 Å². The van der Waals surface area contributed by atoms with Crippen LogP contribution in [0.25, 0.3) is 0 Å². The topological polar surface area (TPSA) is 55.6 Å². The molecule has 1 amide bonds. The van der Waals surface area contributed by atoms with Gasteiger partial charge in [-0.3, -0.25) is 4.79 Å². The van der Waals surface area contributed by atoms with Crippen LogP contribution in [-0.4, -0.2) is 42.6 Å². The molecule has 1 aliphatic heterocycles. The highest BCUT2D eigenvalue weighted by Gasteiger charge is 2.27. The van der Waals surface area contributed by atoms with Crippen LogP contribution < -0.4 is 5.73 Å². The van der Waals surface area contributed by atoms with E-state index in [4.69, 9.17) is 10.5 Å². The molecule has 0 aromatic heterocycles. The molecule has 2 N–H and O–H groups in total. The lowest BCUT2D eigenvalue weighted by molar-refractivity contribution is -0.131. The Morgan fingerprint density at radius 2 is 2.20 bits per heavy atom. The second kappa shape index (κ2) is 7.41. The van der Waals surface area contributed by atoms with Gasteiger partial charge in [-0.1, -0.05) is 30.3 Å². The molecule has 1 aromatic carbocycles. The van der Waals surface area contributed by atoms with Crippen molar-refractivity contribution in [2.24, 2.45) is 5.73 Å². The number of carbonyl (C=O) groups is 1. The number of rotatable bonds is 6. The number of carbonyl (C=O) groups excluding carboxylic acids is 1. The molecule has 1 aliphatic rings. The molecule has 110 valence electrons. The van der Waals surface area contributed by atoms with Crippen molar-refractivity contribution in [1.29, 1.82) is 0 Å². The quantitative estimate of drug-likeness (QED) is 0.803. The predicted molar refractivity (Wildman–Crippen MR) is 79.3 cm³/mol. The SMILES string of the molecule is C[C@@H](N)C(=O)N1CC[C@@H](OCCCc2ccccc2)C1. The molecule has 0 unspecified atom stereocenters. The Kier molecular flexibility index (Phi) is 5.56. The van der Waals surface area contributed by atoms with Crippen LogP contribution in [0, 0.1) is 0 Å². The minimum absolute atomic E-state index is 0.0281. The van der Waals surface area contributed by atoms with Gasteiger partial charge in [0.25, 0.3) is 0 Å². The summed E-state index contributed by atoms with van der Waals surface area (Å²) in [6, 6.07) is 10.0. The predicted octanol–water partition coefficient (Wildman–Crippen LogP) is 1.58. The molecule has 20 heavy (non-hydrogen) atoms.